The maximum Gasteiger partial charge on any atom is 0.354 e. The molecule has 0 unspecified atom stereocenters. The van der Waals surface area contributed by atoms with Gasteiger partial charge in [-0.05, 0) is 30.7 Å². The molecule has 0 aliphatic heterocycles. The molecule has 0 bridgehead atoms. The molecular formula is C16H18N2O2. The van der Waals surface area contributed by atoms with E-state index in [2.05, 4.69) is 22.0 Å². The van der Waals surface area contributed by atoms with E-state index in [0.29, 0.717) is 6.54 Å². The summed E-state index contributed by atoms with van der Waals surface area (Å²) >= 11 is 0. The van der Waals surface area contributed by atoms with E-state index >= 15 is 0 Å². The Kier molecular flexibility index (Phi) is 4.85. The fourth-order valence-corrected chi connectivity index (χ4v) is 2.09. The number of carboxylic acid groups (broad SMARTS) is 1. The van der Waals surface area contributed by atoms with E-state index in [0.717, 1.165) is 18.5 Å². The van der Waals surface area contributed by atoms with Gasteiger partial charge in [0, 0.05) is 19.3 Å². The molecule has 1 N–H and O–H groups in total. The van der Waals surface area contributed by atoms with Gasteiger partial charge in [0.2, 0.25) is 0 Å². The third-order valence-corrected chi connectivity index (χ3v) is 3.16. The summed E-state index contributed by atoms with van der Waals surface area (Å²) in [7, 11) is 1.99. The molecule has 1 heterocycles. The number of hydrogen-bond acceptors (Lipinski definition) is 3. The molecule has 0 aliphatic carbocycles. The topological polar surface area (TPSA) is 53.4 Å². The number of carboxylic acids is 1. The van der Waals surface area contributed by atoms with E-state index in [1.165, 1.54) is 11.8 Å². The highest BCUT2D eigenvalue weighted by Crippen LogP contribution is 2.09. The van der Waals surface area contributed by atoms with E-state index in [1.54, 1.807) is 6.07 Å². The number of likely N-dealkylation sites (N-methyl/N-ethyl adjacent to an activating group) is 1. The first-order valence-electron chi connectivity index (χ1n) is 6.56. The Morgan fingerprint density at radius 1 is 1.20 bits per heavy atom. The van der Waals surface area contributed by atoms with Crippen molar-refractivity contribution in [3.8, 4) is 0 Å². The first kappa shape index (κ1) is 14.2. The van der Waals surface area contributed by atoms with Crippen LogP contribution in [0.4, 0.5) is 0 Å². The Morgan fingerprint density at radius 3 is 2.65 bits per heavy atom. The minimum Gasteiger partial charge on any atom is -0.477 e. The summed E-state index contributed by atoms with van der Waals surface area (Å²) in [6.07, 6.45) is 2.46. The molecule has 0 radical (unpaired) electrons. The summed E-state index contributed by atoms with van der Waals surface area (Å²) in [5, 5.41) is 9.11. The monoisotopic (exact) mass is 270 g/mol. The molecular weight excluding hydrogens is 252 g/mol. The van der Waals surface area contributed by atoms with E-state index in [4.69, 9.17) is 5.11 Å². The number of hydrogen-bond donors (Lipinski definition) is 1. The molecule has 4 heteroatoms. The van der Waals surface area contributed by atoms with Crippen LogP contribution in [0.15, 0.2) is 48.7 Å². The zero-order valence-corrected chi connectivity index (χ0v) is 11.5. The Morgan fingerprint density at radius 2 is 1.95 bits per heavy atom. The van der Waals surface area contributed by atoms with Gasteiger partial charge in [-0.2, -0.15) is 0 Å². The van der Waals surface area contributed by atoms with Crippen molar-refractivity contribution in [3.05, 3.63) is 65.5 Å². The molecule has 1 aromatic carbocycles. The van der Waals surface area contributed by atoms with Crippen molar-refractivity contribution >= 4 is 5.97 Å². The second-order valence-electron chi connectivity index (χ2n) is 4.79. The third kappa shape index (κ3) is 3.90. The van der Waals surface area contributed by atoms with Gasteiger partial charge >= 0.3 is 5.97 Å². The van der Waals surface area contributed by atoms with Crippen molar-refractivity contribution < 1.29 is 9.90 Å². The molecule has 0 atom stereocenters. The number of aromatic nitrogens is 1. The number of nitrogens with zero attached hydrogens (tertiary/aromatic N) is 2. The lowest BCUT2D eigenvalue weighted by Gasteiger charge is -2.17. The van der Waals surface area contributed by atoms with Crippen LogP contribution in [0.2, 0.25) is 0 Å². The molecule has 0 saturated carbocycles. The van der Waals surface area contributed by atoms with Crippen molar-refractivity contribution in [2.75, 3.05) is 13.6 Å². The minimum absolute atomic E-state index is 0.138. The highest BCUT2D eigenvalue weighted by Gasteiger charge is 2.12. The van der Waals surface area contributed by atoms with Crippen molar-refractivity contribution in [2.24, 2.45) is 0 Å². The fourth-order valence-electron chi connectivity index (χ4n) is 2.09. The van der Waals surface area contributed by atoms with Gasteiger partial charge in [0.25, 0.3) is 0 Å². The van der Waals surface area contributed by atoms with Gasteiger partial charge in [0.15, 0.2) is 5.69 Å². The SMILES string of the molecule is CN(CCc1ccccc1)Cc1cccnc1C(=O)O. The summed E-state index contributed by atoms with van der Waals surface area (Å²) in [5.74, 6) is -0.975. The first-order valence-corrected chi connectivity index (χ1v) is 6.56. The van der Waals surface area contributed by atoms with E-state index < -0.39 is 5.97 Å². The lowest BCUT2D eigenvalue weighted by Crippen LogP contribution is -2.22. The van der Waals surface area contributed by atoms with Crippen molar-refractivity contribution in [1.29, 1.82) is 0 Å². The standard InChI is InChI=1S/C16H18N2O2/c1-18(11-9-13-6-3-2-4-7-13)12-14-8-5-10-17-15(14)16(19)20/h2-8,10H,9,11-12H2,1H3,(H,19,20). The Balaban J connectivity index is 1.95. The van der Waals surface area contributed by atoms with Gasteiger partial charge in [-0.3, -0.25) is 0 Å². The van der Waals surface area contributed by atoms with Crippen molar-refractivity contribution in [1.82, 2.24) is 9.88 Å². The van der Waals surface area contributed by atoms with Gasteiger partial charge in [0.05, 0.1) is 0 Å². The van der Waals surface area contributed by atoms with Crippen LogP contribution in [0.1, 0.15) is 21.6 Å². The number of aromatic carboxylic acids is 1. The average Bonchev–Trinajstić information content (AvgIpc) is 2.46. The van der Waals surface area contributed by atoms with Crippen LogP contribution in [0.5, 0.6) is 0 Å². The minimum atomic E-state index is -0.975. The van der Waals surface area contributed by atoms with E-state index in [1.807, 2.05) is 31.3 Å². The quantitative estimate of drug-likeness (QED) is 0.876. The molecule has 20 heavy (non-hydrogen) atoms. The number of carbonyl (C=O) groups is 1. The highest BCUT2D eigenvalue weighted by molar-refractivity contribution is 5.86. The first-order chi connectivity index (χ1) is 9.66. The summed E-state index contributed by atoms with van der Waals surface area (Å²) in [5.41, 5.74) is 2.17. The van der Waals surface area contributed by atoms with Crippen LogP contribution in [0, 0.1) is 0 Å². The highest BCUT2D eigenvalue weighted by atomic mass is 16.4. The molecule has 0 spiro atoms. The molecule has 0 amide bonds. The molecule has 104 valence electrons. The summed E-state index contributed by atoms with van der Waals surface area (Å²) < 4.78 is 0. The normalized spacial score (nSPS) is 10.7. The van der Waals surface area contributed by atoms with Crippen molar-refractivity contribution in [3.63, 3.8) is 0 Å². The van der Waals surface area contributed by atoms with E-state index in [9.17, 15) is 4.79 Å². The third-order valence-electron chi connectivity index (χ3n) is 3.16. The largest absolute Gasteiger partial charge is 0.477 e. The summed E-state index contributed by atoms with van der Waals surface area (Å²) in [6, 6.07) is 13.8. The van der Waals surface area contributed by atoms with E-state index in [-0.39, 0.29) is 5.69 Å². The predicted molar refractivity (Wildman–Crippen MR) is 77.7 cm³/mol. The second kappa shape index (κ2) is 6.82. The fraction of sp³-hybridized carbons (Fsp3) is 0.250. The maximum atomic E-state index is 11.1. The van der Waals surface area contributed by atoms with Crippen LogP contribution in [0.25, 0.3) is 0 Å². The smallest absolute Gasteiger partial charge is 0.354 e. The molecule has 1 aromatic heterocycles. The lowest BCUT2D eigenvalue weighted by molar-refractivity contribution is 0.0688. The Bertz CT molecular complexity index is 570. The number of benzene rings is 1. The zero-order chi connectivity index (χ0) is 14.4. The van der Waals surface area contributed by atoms with Gasteiger partial charge in [-0.15, -0.1) is 0 Å². The number of pyridine rings is 1. The molecule has 2 rings (SSSR count). The molecule has 0 saturated heterocycles. The van der Waals surface area contributed by atoms with Crippen LogP contribution in [-0.4, -0.2) is 34.6 Å². The molecule has 2 aromatic rings. The molecule has 4 nitrogen and oxygen atoms in total. The van der Waals surface area contributed by atoms with Gasteiger partial charge in [-0.25, -0.2) is 9.78 Å². The number of rotatable bonds is 6. The Labute approximate surface area is 118 Å². The summed E-state index contributed by atoms with van der Waals surface area (Å²) in [6.45, 7) is 1.46. The van der Waals surface area contributed by atoms with Gasteiger partial charge in [-0.1, -0.05) is 36.4 Å². The average molecular weight is 270 g/mol. The molecule has 0 aliphatic rings. The predicted octanol–water partition coefficient (Wildman–Crippen LogP) is 2.45. The summed E-state index contributed by atoms with van der Waals surface area (Å²) in [4.78, 5) is 17.1. The van der Waals surface area contributed by atoms with Crippen LogP contribution in [-0.2, 0) is 13.0 Å². The van der Waals surface area contributed by atoms with Crippen LogP contribution < -0.4 is 0 Å². The van der Waals surface area contributed by atoms with Crippen LogP contribution >= 0.6 is 0 Å². The zero-order valence-electron chi connectivity index (χ0n) is 11.5. The lowest BCUT2D eigenvalue weighted by atomic mass is 10.1. The maximum absolute atomic E-state index is 11.1. The Hall–Kier alpha value is -2.20. The van der Waals surface area contributed by atoms with Crippen LogP contribution in [0.3, 0.4) is 0 Å². The van der Waals surface area contributed by atoms with Gasteiger partial charge in [0.1, 0.15) is 0 Å². The van der Waals surface area contributed by atoms with Crippen molar-refractivity contribution in [2.45, 2.75) is 13.0 Å². The molecule has 0 fully saturated rings. The second-order valence-corrected chi connectivity index (χ2v) is 4.79. The van der Waals surface area contributed by atoms with Gasteiger partial charge < -0.3 is 10.0 Å².